The number of hydrogen-bond acceptors (Lipinski definition) is 6. The van der Waals surface area contributed by atoms with Crippen LogP contribution in [-0.4, -0.2) is 22.0 Å². The summed E-state index contributed by atoms with van der Waals surface area (Å²) in [5.41, 5.74) is 7.30. The van der Waals surface area contributed by atoms with Crippen molar-refractivity contribution in [1.29, 1.82) is 0 Å². The van der Waals surface area contributed by atoms with Crippen LogP contribution in [0, 0.1) is 0 Å². The van der Waals surface area contributed by atoms with Gasteiger partial charge in [0, 0.05) is 25.5 Å². The average Bonchev–Trinajstić information content (AvgIpc) is 3.40. The normalized spacial score (nSPS) is 15.0. The third-order valence-corrected chi connectivity index (χ3v) is 4.73. The van der Waals surface area contributed by atoms with Gasteiger partial charge in [0.25, 0.3) is 5.91 Å². The second-order valence-corrected chi connectivity index (χ2v) is 6.54. The number of nitrogens with one attached hydrogen (secondary N) is 3. The molecular weight excluding hydrogens is 354 g/mol. The Morgan fingerprint density at radius 3 is 2.79 bits per heavy atom. The number of aromatic nitrogens is 2. The summed E-state index contributed by atoms with van der Waals surface area (Å²) in [6.07, 6.45) is 7.27. The molecular formula is C20H19N7O. The maximum absolute atomic E-state index is 12.7. The Morgan fingerprint density at radius 1 is 1.07 bits per heavy atom. The second kappa shape index (κ2) is 6.75. The van der Waals surface area contributed by atoms with E-state index in [0.29, 0.717) is 5.70 Å². The minimum absolute atomic E-state index is 0.151. The lowest BCUT2D eigenvalue weighted by molar-refractivity contribution is -0.113. The summed E-state index contributed by atoms with van der Waals surface area (Å²) >= 11 is 0. The fourth-order valence-electron chi connectivity index (χ4n) is 3.36. The molecule has 1 aromatic heterocycles. The van der Waals surface area contributed by atoms with Gasteiger partial charge in [-0.1, -0.05) is 24.3 Å². The molecule has 3 aromatic rings. The molecule has 3 heterocycles. The van der Waals surface area contributed by atoms with Gasteiger partial charge < -0.3 is 15.2 Å². The van der Waals surface area contributed by atoms with Gasteiger partial charge in [0.2, 0.25) is 0 Å². The third-order valence-electron chi connectivity index (χ3n) is 4.73. The summed E-state index contributed by atoms with van der Waals surface area (Å²) in [6, 6.07) is 15.8. The highest BCUT2D eigenvalue weighted by atomic mass is 16.2. The number of imidazole rings is 1. The quantitative estimate of drug-likeness (QED) is 0.638. The Labute approximate surface area is 162 Å². The Morgan fingerprint density at radius 2 is 1.96 bits per heavy atom. The number of carbonyl (C=O) groups excluding carboxylic acids is 1. The van der Waals surface area contributed by atoms with E-state index < -0.39 is 0 Å². The monoisotopic (exact) mass is 373 g/mol. The van der Waals surface area contributed by atoms with E-state index in [1.807, 2.05) is 69.3 Å². The van der Waals surface area contributed by atoms with Gasteiger partial charge in [-0.25, -0.2) is 9.99 Å². The standard InChI is InChI=1S/C20H19N7O/c28-20-18-13-26(15-5-2-1-3-6-15)24-27(18)17-8-4-7-16(19(17)23-20)22-10-12-25-11-9-21-14-25/h1-9,11,13-14,22,24H,10,12H2,(H,23,28). The number of benzene rings is 2. The molecule has 0 bridgehead atoms. The number of rotatable bonds is 5. The van der Waals surface area contributed by atoms with Gasteiger partial charge >= 0.3 is 0 Å². The van der Waals surface area contributed by atoms with Crippen LogP contribution in [0.5, 0.6) is 0 Å². The van der Waals surface area contributed by atoms with Crippen molar-refractivity contribution in [2.45, 2.75) is 6.54 Å². The molecule has 0 aliphatic carbocycles. The van der Waals surface area contributed by atoms with Crippen molar-refractivity contribution in [3.63, 3.8) is 0 Å². The van der Waals surface area contributed by atoms with E-state index in [4.69, 9.17) is 0 Å². The Bertz CT molecular complexity index is 1030. The number of amides is 1. The van der Waals surface area contributed by atoms with Gasteiger partial charge in [0.15, 0.2) is 0 Å². The molecule has 2 aliphatic heterocycles. The van der Waals surface area contributed by atoms with E-state index in [9.17, 15) is 4.79 Å². The van der Waals surface area contributed by atoms with Crippen LogP contribution in [0.3, 0.4) is 0 Å². The van der Waals surface area contributed by atoms with Gasteiger partial charge in [-0.2, -0.15) is 0 Å². The van der Waals surface area contributed by atoms with Gasteiger partial charge in [-0.05, 0) is 24.3 Å². The van der Waals surface area contributed by atoms with E-state index >= 15 is 0 Å². The topological polar surface area (TPSA) is 77.5 Å². The number of carbonyl (C=O) groups is 1. The molecule has 0 atom stereocenters. The molecule has 0 saturated heterocycles. The molecule has 0 unspecified atom stereocenters. The molecule has 3 N–H and O–H groups in total. The zero-order valence-electron chi connectivity index (χ0n) is 15.0. The smallest absolute Gasteiger partial charge is 0.275 e. The zero-order chi connectivity index (χ0) is 18.9. The summed E-state index contributed by atoms with van der Waals surface area (Å²) in [7, 11) is 0. The summed E-state index contributed by atoms with van der Waals surface area (Å²) in [6.45, 7) is 1.50. The maximum Gasteiger partial charge on any atom is 0.275 e. The van der Waals surface area contributed by atoms with E-state index in [-0.39, 0.29) is 5.91 Å². The molecule has 2 aliphatic rings. The van der Waals surface area contributed by atoms with Gasteiger partial charge in [-0.3, -0.25) is 9.80 Å². The second-order valence-electron chi connectivity index (χ2n) is 6.54. The first-order chi connectivity index (χ1) is 13.8. The summed E-state index contributed by atoms with van der Waals surface area (Å²) < 4.78 is 2.00. The van der Waals surface area contributed by atoms with Crippen molar-refractivity contribution < 1.29 is 4.79 Å². The molecule has 0 spiro atoms. The highest BCUT2D eigenvalue weighted by Gasteiger charge is 2.35. The molecule has 1 amide bonds. The van der Waals surface area contributed by atoms with Crippen LogP contribution in [0.4, 0.5) is 22.7 Å². The Balaban J connectivity index is 1.39. The van der Waals surface area contributed by atoms with Crippen molar-refractivity contribution in [3.05, 3.63) is 79.1 Å². The minimum atomic E-state index is -0.151. The molecule has 140 valence electrons. The lowest BCUT2D eigenvalue weighted by Gasteiger charge is -2.31. The predicted octanol–water partition coefficient (Wildman–Crippen LogP) is 2.53. The van der Waals surface area contributed by atoms with E-state index in [0.717, 1.165) is 35.8 Å². The van der Waals surface area contributed by atoms with Crippen LogP contribution in [0.1, 0.15) is 0 Å². The van der Waals surface area contributed by atoms with Crippen LogP contribution in [0.15, 0.2) is 79.1 Å². The lowest BCUT2D eigenvalue weighted by atomic mass is 10.1. The van der Waals surface area contributed by atoms with Crippen LogP contribution in [0.2, 0.25) is 0 Å². The van der Waals surface area contributed by atoms with E-state index in [1.165, 1.54) is 0 Å². The summed E-state index contributed by atoms with van der Waals surface area (Å²) in [5.74, 6) is -0.151. The van der Waals surface area contributed by atoms with Crippen molar-refractivity contribution >= 4 is 28.7 Å². The minimum Gasteiger partial charge on any atom is -0.382 e. The number of hydrogen-bond donors (Lipinski definition) is 3. The van der Waals surface area contributed by atoms with E-state index in [2.05, 4.69) is 21.2 Å². The Kier molecular flexibility index (Phi) is 3.95. The molecule has 28 heavy (non-hydrogen) atoms. The molecule has 2 aromatic carbocycles. The van der Waals surface area contributed by atoms with Crippen molar-refractivity contribution in [2.75, 3.05) is 27.2 Å². The molecule has 0 radical (unpaired) electrons. The van der Waals surface area contributed by atoms with Gasteiger partial charge in [0.05, 0.1) is 35.3 Å². The number of nitrogens with zero attached hydrogens (tertiary/aromatic N) is 4. The van der Waals surface area contributed by atoms with Crippen LogP contribution in [-0.2, 0) is 11.3 Å². The number of hydrazine groups is 2. The van der Waals surface area contributed by atoms with E-state index in [1.54, 1.807) is 18.7 Å². The molecule has 8 heteroatoms. The average molecular weight is 373 g/mol. The molecule has 8 nitrogen and oxygen atoms in total. The summed E-state index contributed by atoms with van der Waals surface area (Å²) in [4.78, 5) is 16.7. The SMILES string of the molecule is O=C1Nc2c(NCCn3ccnc3)cccc2N2NN(c3ccccc3)C=C12. The van der Waals surface area contributed by atoms with Gasteiger partial charge in [-0.15, -0.1) is 5.53 Å². The number of fused-ring (bicyclic) bond motifs is 3. The number of para-hydroxylation sites is 2. The first-order valence-electron chi connectivity index (χ1n) is 9.06. The van der Waals surface area contributed by atoms with Crippen LogP contribution >= 0.6 is 0 Å². The van der Waals surface area contributed by atoms with Crippen molar-refractivity contribution in [3.8, 4) is 0 Å². The molecule has 5 rings (SSSR count). The first-order valence-corrected chi connectivity index (χ1v) is 9.06. The first kappa shape index (κ1) is 16.4. The molecule has 0 saturated carbocycles. The third kappa shape index (κ3) is 2.85. The maximum atomic E-state index is 12.7. The highest BCUT2D eigenvalue weighted by molar-refractivity contribution is 6.14. The largest absolute Gasteiger partial charge is 0.382 e. The Hall–Kier alpha value is -3.78. The number of anilines is 4. The highest BCUT2D eigenvalue weighted by Crippen LogP contribution is 2.40. The zero-order valence-corrected chi connectivity index (χ0v) is 15.0. The van der Waals surface area contributed by atoms with Crippen LogP contribution < -0.4 is 26.2 Å². The van der Waals surface area contributed by atoms with Gasteiger partial charge in [0.1, 0.15) is 5.70 Å². The lowest BCUT2D eigenvalue weighted by Crippen LogP contribution is -2.45. The van der Waals surface area contributed by atoms with Crippen molar-refractivity contribution in [2.24, 2.45) is 0 Å². The van der Waals surface area contributed by atoms with Crippen LogP contribution in [0.25, 0.3) is 0 Å². The fraction of sp³-hybridized carbons (Fsp3) is 0.100. The predicted molar refractivity (Wildman–Crippen MR) is 108 cm³/mol. The fourth-order valence-corrected chi connectivity index (χ4v) is 3.36. The van der Waals surface area contributed by atoms with Crippen molar-refractivity contribution in [1.82, 2.24) is 15.1 Å². The molecule has 0 fully saturated rings. The summed E-state index contributed by atoms with van der Waals surface area (Å²) in [5, 5.41) is 10.1.